The van der Waals surface area contributed by atoms with Crippen LogP contribution in [0.15, 0.2) is 28.0 Å². The van der Waals surface area contributed by atoms with E-state index < -0.39 is 23.1 Å². The topological polar surface area (TPSA) is 145 Å². The van der Waals surface area contributed by atoms with Gasteiger partial charge in [-0.25, -0.2) is 9.78 Å². The summed E-state index contributed by atoms with van der Waals surface area (Å²) >= 11 is 0. The molecule has 13 heteroatoms. The predicted octanol–water partition coefficient (Wildman–Crippen LogP) is -0.567. The summed E-state index contributed by atoms with van der Waals surface area (Å²) in [5, 5.41) is 2.47. The van der Waals surface area contributed by atoms with Crippen LogP contribution in [0.2, 0.25) is 0 Å². The minimum atomic E-state index is -0.675. The highest BCUT2D eigenvalue weighted by Gasteiger charge is 2.18. The summed E-state index contributed by atoms with van der Waals surface area (Å²) < 4.78 is 24.5. The van der Waals surface area contributed by atoms with E-state index in [1.165, 1.54) is 63.0 Å². The first-order chi connectivity index (χ1) is 16.2. The number of aryl methyl sites for hydroxylation is 1. The third kappa shape index (κ3) is 4.58. The Hall–Kier alpha value is -4.29. The number of hydrogen-bond donors (Lipinski definition) is 1. The number of fused-ring (bicyclic) bond motifs is 1. The molecule has 0 saturated carbocycles. The number of rotatable bonds is 9. The van der Waals surface area contributed by atoms with Crippen LogP contribution in [0.5, 0.6) is 17.2 Å². The first-order valence-electron chi connectivity index (χ1n) is 10.1. The minimum absolute atomic E-state index is 0.0731. The smallest absolute Gasteiger partial charge is 0.332 e. The molecule has 2 heterocycles. The van der Waals surface area contributed by atoms with Gasteiger partial charge in [-0.05, 0) is 12.1 Å². The van der Waals surface area contributed by atoms with Gasteiger partial charge < -0.3 is 28.8 Å². The van der Waals surface area contributed by atoms with Crippen LogP contribution in [0.1, 0.15) is 10.4 Å². The number of amides is 1. The minimum Gasteiger partial charge on any atom is -0.493 e. The number of methoxy groups -OCH3 is 3. The van der Waals surface area contributed by atoms with Crippen molar-refractivity contribution in [2.75, 3.05) is 34.5 Å². The van der Waals surface area contributed by atoms with Crippen molar-refractivity contribution in [3.05, 3.63) is 44.9 Å². The quantitative estimate of drug-likeness (QED) is 0.402. The van der Waals surface area contributed by atoms with Gasteiger partial charge in [-0.1, -0.05) is 0 Å². The maximum atomic E-state index is 12.5. The second-order valence-electron chi connectivity index (χ2n) is 7.13. The molecule has 0 fully saturated rings. The molecule has 0 atom stereocenters. The molecule has 13 nitrogen and oxygen atoms in total. The van der Waals surface area contributed by atoms with E-state index in [2.05, 4.69) is 10.3 Å². The van der Waals surface area contributed by atoms with Gasteiger partial charge in [0.15, 0.2) is 22.7 Å². The molecule has 3 aromatic rings. The van der Waals surface area contributed by atoms with Gasteiger partial charge in [-0.15, -0.1) is 0 Å². The molecule has 1 amide bonds. The van der Waals surface area contributed by atoms with Crippen LogP contribution in [-0.4, -0.2) is 65.0 Å². The lowest BCUT2D eigenvalue weighted by Crippen LogP contribution is -2.37. The van der Waals surface area contributed by atoms with E-state index in [4.69, 9.17) is 18.9 Å². The van der Waals surface area contributed by atoms with Gasteiger partial charge >= 0.3 is 11.7 Å². The van der Waals surface area contributed by atoms with Gasteiger partial charge in [0.2, 0.25) is 5.75 Å². The SMILES string of the molecule is COc1cc(C(=O)NCC(=O)OCCn2cnc3c2c(=O)n(C)c(=O)n3C)cc(OC)c1OC. The molecule has 0 bridgehead atoms. The number of carbonyl (C=O) groups excluding carboxylic acids is 2. The number of aromatic nitrogens is 4. The Balaban J connectivity index is 1.60. The fraction of sp³-hybridized carbons (Fsp3) is 0.381. The molecule has 1 N–H and O–H groups in total. The zero-order valence-corrected chi connectivity index (χ0v) is 19.4. The lowest BCUT2D eigenvalue weighted by atomic mass is 10.1. The van der Waals surface area contributed by atoms with E-state index in [1.807, 2.05) is 0 Å². The average molecular weight is 475 g/mol. The van der Waals surface area contributed by atoms with E-state index in [-0.39, 0.29) is 36.4 Å². The normalized spacial score (nSPS) is 10.7. The van der Waals surface area contributed by atoms with Crippen molar-refractivity contribution in [1.29, 1.82) is 0 Å². The molecule has 1 aromatic carbocycles. The number of imidazole rings is 1. The van der Waals surface area contributed by atoms with Gasteiger partial charge in [0.25, 0.3) is 11.5 Å². The Labute approximate surface area is 193 Å². The lowest BCUT2D eigenvalue weighted by molar-refractivity contribution is -0.142. The molecule has 0 aliphatic rings. The Bertz CT molecular complexity index is 1330. The number of hydrogen-bond acceptors (Lipinski definition) is 9. The summed E-state index contributed by atoms with van der Waals surface area (Å²) in [6, 6.07) is 2.92. The van der Waals surface area contributed by atoms with E-state index in [0.717, 1.165) is 4.57 Å². The lowest BCUT2D eigenvalue weighted by Gasteiger charge is -2.14. The highest BCUT2D eigenvalue weighted by atomic mass is 16.5. The monoisotopic (exact) mass is 475 g/mol. The molecule has 182 valence electrons. The largest absolute Gasteiger partial charge is 0.493 e. The van der Waals surface area contributed by atoms with Crippen LogP contribution >= 0.6 is 0 Å². The van der Waals surface area contributed by atoms with E-state index in [0.29, 0.717) is 17.2 Å². The first kappa shape index (κ1) is 24.4. The highest BCUT2D eigenvalue weighted by molar-refractivity contribution is 5.97. The summed E-state index contributed by atoms with van der Waals surface area (Å²) in [4.78, 5) is 53.1. The number of carbonyl (C=O) groups is 2. The van der Waals surface area contributed by atoms with Gasteiger partial charge in [0.05, 0.1) is 34.2 Å². The van der Waals surface area contributed by atoms with Gasteiger partial charge in [-0.3, -0.25) is 23.5 Å². The summed E-state index contributed by atoms with van der Waals surface area (Å²) in [5.41, 5.74) is -0.335. The van der Waals surface area contributed by atoms with Crippen molar-refractivity contribution in [2.45, 2.75) is 6.54 Å². The highest BCUT2D eigenvalue weighted by Crippen LogP contribution is 2.38. The van der Waals surface area contributed by atoms with Crippen LogP contribution in [0.25, 0.3) is 11.2 Å². The van der Waals surface area contributed by atoms with Crippen LogP contribution < -0.4 is 30.8 Å². The maximum Gasteiger partial charge on any atom is 0.332 e. The number of ether oxygens (including phenoxy) is 4. The number of nitrogens with zero attached hydrogens (tertiary/aromatic N) is 4. The van der Waals surface area contributed by atoms with Crippen molar-refractivity contribution < 1.29 is 28.5 Å². The third-order valence-electron chi connectivity index (χ3n) is 5.13. The van der Waals surface area contributed by atoms with Crippen LogP contribution in [-0.2, 0) is 30.2 Å². The van der Waals surface area contributed by atoms with Crippen molar-refractivity contribution in [3.63, 3.8) is 0 Å². The van der Waals surface area contributed by atoms with Gasteiger partial charge in [0, 0.05) is 19.7 Å². The molecule has 0 radical (unpaired) electrons. The zero-order chi connectivity index (χ0) is 25.0. The second kappa shape index (κ2) is 10.1. The van der Waals surface area contributed by atoms with Gasteiger partial charge in [-0.2, -0.15) is 0 Å². The van der Waals surface area contributed by atoms with E-state index >= 15 is 0 Å². The number of esters is 1. The summed E-state index contributed by atoms with van der Waals surface area (Å²) in [6.45, 7) is -0.316. The molecule has 0 unspecified atom stereocenters. The molecule has 0 saturated heterocycles. The summed E-state index contributed by atoms with van der Waals surface area (Å²) in [6.07, 6.45) is 1.39. The van der Waals surface area contributed by atoms with Crippen molar-refractivity contribution >= 4 is 23.0 Å². The summed E-state index contributed by atoms with van der Waals surface area (Å²) in [7, 11) is 7.18. The third-order valence-corrected chi connectivity index (χ3v) is 5.13. The Kier molecular flexibility index (Phi) is 7.24. The predicted molar refractivity (Wildman–Crippen MR) is 120 cm³/mol. The fourth-order valence-electron chi connectivity index (χ4n) is 3.34. The molecule has 34 heavy (non-hydrogen) atoms. The number of benzene rings is 1. The van der Waals surface area contributed by atoms with Crippen molar-refractivity contribution in [3.8, 4) is 17.2 Å². The molecule has 2 aromatic heterocycles. The molecule has 0 aliphatic heterocycles. The zero-order valence-electron chi connectivity index (χ0n) is 19.4. The van der Waals surface area contributed by atoms with Gasteiger partial charge in [0.1, 0.15) is 13.2 Å². The van der Waals surface area contributed by atoms with E-state index in [9.17, 15) is 19.2 Å². The Morgan fingerprint density at radius 3 is 2.24 bits per heavy atom. The van der Waals surface area contributed by atoms with Crippen molar-refractivity contribution in [1.82, 2.24) is 24.0 Å². The molecule has 0 aliphatic carbocycles. The van der Waals surface area contributed by atoms with Crippen LogP contribution in [0, 0.1) is 0 Å². The molecule has 0 spiro atoms. The fourth-order valence-corrected chi connectivity index (χ4v) is 3.34. The Morgan fingerprint density at radius 2 is 1.65 bits per heavy atom. The maximum absolute atomic E-state index is 12.5. The Morgan fingerprint density at radius 1 is 1.00 bits per heavy atom. The van der Waals surface area contributed by atoms with Crippen molar-refractivity contribution in [2.24, 2.45) is 14.1 Å². The average Bonchev–Trinajstić information content (AvgIpc) is 3.27. The first-order valence-corrected chi connectivity index (χ1v) is 10.1. The number of nitrogens with one attached hydrogen (secondary N) is 1. The molecular formula is C21H25N5O8. The standard InChI is InChI=1S/C21H25N5O8/c1-24-18-16(20(29)25(2)21(24)30)26(11-23-18)6-7-34-15(27)10-22-19(28)12-8-13(31-3)17(33-5)14(9-12)32-4/h8-9,11H,6-7,10H2,1-5H3,(H,22,28). The molecular weight excluding hydrogens is 450 g/mol. The van der Waals surface area contributed by atoms with Crippen LogP contribution in [0.4, 0.5) is 0 Å². The summed E-state index contributed by atoms with van der Waals surface area (Å²) in [5.74, 6) is -0.286. The molecule has 3 rings (SSSR count). The van der Waals surface area contributed by atoms with Crippen LogP contribution in [0.3, 0.4) is 0 Å². The second-order valence-corrected chi connectivity index (χ2v) is 7.13. The van der Waals surface area contributed by atoms with E-state index in [1.54, 1.807) is 0 Å².